The molecule has 1 nitrogen and oxygen atoms in total. The second kappa shape index (κ2) is 4.50. The van der Waals surface area contributed by atoms with Gasteiger partial charge in [0.1, 0.15) is 0 Å². The first kappa shape index (κ1) is 13.1. The number of hydrogen-bond donors (Lipinski definition) is 0. The summed E-state index contributed by atoms with van der Waals surface area (Å²) in [5, 5.41) is 0.0679. The molecule has 16 heavy (non-hydrogen) atoms. The van der Waals surface area contributed by atoms with E-state index in [1.807, 2.05) is 20.8 Å². The predicted molar refractivity (Wildman–Crippen MR) is 60.5 cm³/mol. The van der Waals surface area contributed by atoms with Gasteiger partial charge in [-0.15, -0.1) is 0 Å². The van der Waals surface area contributed by atoms with Crippen LogP contribution in [-0.2, 0) is 5.41 Å². The number of carbonyl (C=O) groups is 1. The highest BCUT2D eigenvalue weighted by atomic mass is 35.5. The molecule has 0 aromatic heterocycles. The van der Waals surface area contributed by atoms with Crippen molar-refractivity contribution in [3.63, 3.8) is 0 Å². The van der Waals surface area contributed by atoms with E-state index >= 15 is 0 Å². The van der Waals surface area contributed by atoms with E-state index in [1.165, 1.54) is 12.1 Å². The van der Waals surface area contributed by atoms with E-state index < -0.39 is 12.2 Å². The molecule has 1 rings (SSSR count). The maximum Gasteiger partial charge on any atom is 0.300 e. The maximum absolute atomic E-state index is 12.3. The highest BCUT2D eigenvalue weighted by molar-refractivity contribution is 6.34. The van der Waals surface area contributed by atoms with E-state index in [1.54, 1.807) is 6.07 Å². The SMILES string of the molecule is CC(C)(C)c1ccc(Cl)c(C(=O)C(F)F)c1. The number of rotatable bonds is 2. The molecule has 0 saturated carbocycles. The van der Waals surface area contributed by atoms with Crippen LogP contribution in [0.2, 0.25) is 5.02 Å². The predicted octanol–water partition coefficient (Wildman–Crippen LogP) is 4.09. The summed E-state index contributed by atoms with van der Waals surface area (Å²) in [6.07, 6.45) is -3.02. The van der Waals surface area contributed by atoms with Gasteiger partial charge in [-0.25, -0.2) is 8.78 Å². The molecule has 0 saturated heterocycles. The lowest BCUT2D eigenvalue weighted by atomic mass is 9.86. The molecule has 0 spiro atoms. The Morgan fingerprint density at radius 1 is 1.31 bits per heavy atom. The van der Waals surface area contributed by atoms with Crippen LogP contribution in [0.15, 0.2) is 18.2 Å². The molecule has 1 aromatic rings. The van der Waals surface area contributed by atoms with Gasteiger partial charge in [-0.2, -0.15) is 0 Å². The van der Waals surface area contributed by atoms with Gasteiger partial charge in [0, 0.05) is 5.56 Å². The molecule has 0 unspecified atom stereocenters. The molecular weight excluding hydrogens is 234 g/mol. The second-order valence-corrected chi connectivity index (χ2v) is 5.02. The fourth-order valence-corrected chi connectivity index (χ4v) is 1.51. The summed E-state index contributed by atoms with van der Waals surface area (Å²) in [6.45, 7) is 5.81. The molecule has 0 aliphatic rings. The van der Waals surface area contributed by atoms with E-state index in [9.17, 15) is 13.6 Å². The van der Waals surface area contributed by atoms with Crippen molar-refractivity contribution in [2.24, 2.45) is 0 Å². The molecule has 88 valence electrons. The monoisotopic (exact) mass is 246 g/mol. The van der Waals surface area contributed by atoms with Crippen molar-refractivity contribution in [1.29, 1.82) is 0 Å². The third kappa shape index (κ3) is 2.79. The van der Waals surface area contributed by atoms with Gasteiger partial charge in [0.2, 0.25) is 5.78 Å². The van der Waals surface area contributed by atoms with Crippen LogP contribution in [0.1, 0.15) is 36.7 Å². The molecule has 1 aromatic carbocycles. The number of Topliss-reactive ketones (excluding diaryl/α,β-unsaturated/α-hetero) is 1. The van der Waals surface area contributed by atoms with Gasteiger partial charge in [-0.3, -0.25) is 4.79 Å². The van der Waals surface area contributed by atoms with Crippen LogP contribution in [0, 0.1) is 0 Å². The number of hydrogen-bond acceptors (Lipinski definition) is 1. The van der Waals surface area contributed by atoms with Crippen molar-refractivity contribution in [2.75, 3.05) is 0 Å². The first-order chi connectivity index (χ1) is 7.23. The summed E-state index contributed by atoms with van der Waals surface area (Å²) in [5.41, 5.74) is 0.492. The molecule has 0 radical (unpaired) electrons. The normalized spacial score (nSPS) is 11.9. The van der Waals surface area contributed by atoms with Crippen molar-refractivity contribution < 1.29 is 13.6 Å². The third-order valence-corrected chi connectivity index (χ3v) is 2.63. The zero-order valence-electron chi connectivity index (χ0n) is 9.35. The highest BCUT2D eigenvalue weighted by Crippen LogP contribution is 2.27. The minimum absolute atomic E-state index is 0.0679. The third-order valence-electron chi connectivity index (χ3n) is 2.30. The zero-order chi connectivity index (χ0) is 12.5. The van der Waals surface area contributed by atoms with E-state index in [0.29, 0.717) is 0 Å². The lowest BCUT2D eigenvalue weighted by molar-refractivity contribution is 0.0679. The van der Waals surface area contributed by atoms with E-state index in [0.717, 1.165) is 5.56 Å². The fourth-order valence-electron chi connectivity index (χ4n) is 1.30. The molecule has 0 aliphatic carbocycles. The molecule has 0 bridgehead atoms. The Bertz CT molecular complexity index is 408. The average Bonchev–Trinajstić information content (AvgIpc) is 2.15. The summed E-state index contributed by atoms with van der Waals surface area (Å²) in [7, 11) is 0. The number of alkyl halides is 2. The van der Waals surface area contributed by atoms with E-state index in [2.05, 4.69) is 0 Å². The minimum Gasteiger partial charge on any atom is -0.288 e. The topological polar surface area (TPSA) is 17.1 Å². The lowest BCUT2D eigenvalue weighted by Crippen LogP contribution is -2.15. The fraction of sp³-hybridized carbons (Fsp3) is 0.417. The van der Waals surface area contributed by atoms with Gasteiger partial charge in [0.05, 0.1) is 5.02 Å². The number of carbonyl (C=O) groups excluding carboxylic acids is 1. The molecule has 0 aliphatic heterocycles. The van der Waals surface area contributed by atoms with E-state index in [4.69, 9.17) is 11.6 Å². The zero-order valence-corrected chi connectivity index (χ0v) is 10.1. The van der Waals surface area contributed by atoms with Crippen molar-refractivity contribution in [3.05, 3.63) is 34.3 Å². The largest absolute Gasteiger partial charge is 0.300 e. The lowest BCUT2D eigenvalue weighted by Gasteiger charge is -2.20. The van der Waals surface area contributed by atoms with Gasteiger partial charge < -0.3 is 0 Å². The van der Waals surface area contributed by atoms with Gasteiger partial charge in [-0.05, 0) is 23.1 Å². The van der Waals surface area contributed by atoms with Gasteiger partial charge in [0.15, 0.2) is 0 Å². The number of benzene rings is 1. The molecule has 4 heteroatoms. The Morgan fingerprint density at radius 3 is 2.31 bits per heavy atom. The Kier molecular flexibility index (Phi) is 3.68. The first-order valence-corrected chi connectivity index (χ1v) is 5.23. The van der Waals surface area contributed by atoms with Crippen molar-refractivity contribution in [2.45, 2.75) is 32.6 Å². The van der Waals surface area contributed by atoms with Gasteiger partial charge in [-0.1, -0.05) is 38.4 Å². The number of halogens is 3. The molecular formula is C12H13ClF2O. The maximum atomic E-state index is 12.3. The van der Waals surface area contributed by atoms with Crippen LogP contribution in [0.4, 0.5) is 8.78 Å². The summed E-state index contributed by atoms with van der Waals surface area (Å²) in [4.78, 5) is 11.2. The van der Waals surface area contributed by atoms with Crippen LogP contribution < -0.4 is 0 Å². The van der Waals surface area contributed by atoms with Crippen LogP contribution in [-0.4, -0.2) is 12.2 Å². The van der Waals surface area contributed by atoms with Crippen LogP contribution >= 0.6 is 11.6 Å². The van der Waals surface area contributed by atoms with E-state index in [-0.39, 0.29) is 16.0 Å². The van der Waals surface area contributed by atoms with Crippen LogP contribution in [0.5, 0.6) is 0 Å². The van der Waals surface area contributed by atoms with Crippen LogP contribution in [0.25, 0.3) is 0 Å². The van der Waals surface area contributed by atoms with Gasteiger partial charge >= 0.3 is 6.43 Å². The standard InChI is InChI=1S/C12H13ClF2O/c1-12(2,3)7-4-5-9(13)8(6-7)10(16)11(14)15/h4-6,11H,1-3H3. The smallest absolute Gasteiger partial charge is 0.288 e. The Morgan fingerprint density at radius 2 is 1.88 bits per heavy atom. The summed E-state index contributed by atoms with van der Waals surface area (Å²) in [5.74, 6) is -1.23. The molecule has 0 heterocycles. The molecule has 0 N–H and O–H groups in total. The molecule has 0 fully saturated rings. The number of ketones is 1. The minimum atomic E-state index is -3.02. The molecule has 0 atom stereocenters. The Labute approximate surface area is 98.4 Å². The Balaban J connectivity index is 3.25. The highest BCUT2D eigenvalue weighted by Gasteiger charge is 2.23. The summed E-state index contributed by atoms with van der Waals surface area (Å²) in [6, 6.07) is 4.67. The Hall–Kier alpha value is -0.960. The van der Waals surface area contributed by atoms with Gasteiger partial charge in [0.25, 0.3) is 0 Å². The van der Waals surface area contributed by atoms with Crippen molar-refractivity contribution in [3.8, 4) is 0 Å². The quantitative estimate of drug-likeness (QED) is 0.719. The first-order valence-electron chi connectivity index (χ1n) is 4.86. The van der Waals surface area contributed by atoms with Crippen molar-refractivity contribution in [1.82, 2.24) is 0 Å². The second-order valence-electron chi connectivity index (χ2n) is 4.61. The average molecular weight is 247 g/mol. The van der Waals surface area contributed by atoms with Crippen LogP contribution in [0.3, 0.4) is 0 Å². The van der Waals surface area contributed by atoms with Crippen molar-refractivity contribution >= 4 is 17.4 Å². The summed E-state index contributed by atoms with van der Waals surface area (Å²) < 4.78 is 24.6. The summed E-state index contributed by atoms with van der Waals surface area (Å²) >= 11 is 5.73. The molecule has 0 amide bonds.